The summed E-state index contributed by atoms with van der Waals surface area (Å²) >= 11 is 0. The van der Waals surface area contributed by atoms with Crippen molar-refractivity contribution in [1.82, 2.24) is 4.90 Å². The first-order valence-corrected chi connectivity index (χ1v) is 5.86. The van der Waals surface area contributed by atoms with E-state index >= 15 is 0 Å². The average molecular weight is 224 g/mol. The van der Waals surface area contributed by atoms with E-state index in [9.17, 15) is 4.39 Å². The highest BCUT2D eigenvalue weighted by Crippen LogP contribution is 2.15. The van der Waals surface area contributed by atoms with Crippen LogP contribution in [0.25, 0.3) is 0 Å². The molecule has 0 fully saturated rings. The van der Waals surface area contributed by atoms with Crippen LogP contribution in [0.4, 0.5) is 10.1 Å². The molecule has 0 spiro atoms. The third kappa shape index (κ3) is 4.19. The zero-order valence-corrected chi connectivity index (χ0v) is 10.2. The third-order valence-corrected chi connectivity index (χ3v) is 2.69. The molecule has 0 saturated heterocycles. The Labute approximate surface area is 97.3 Å². The molecule has 0 aromatic heterocycles. The fourth-order valence-electron chi connectivity index (χ4n) is 1.71. The highest BCUT2D eigenvalue weighted by Gasteiger charge is 2.04. The number of halogens is 1. The Balaban J connectivity index is 2.46. The van der Waals surface area contributed by atoms with E-state index in [-0.39, 0.29) is 5.82 Å². The maximum absolute atomic E-state index is 12.8. The summed E-state index contributed by atoms with van der Waals surface area (Å²) in [4.78, 5) is 2.22. The Kier molecular flexibility index (Phi) is 5.26. The van der Waals surface area contributed by atoms with Gasteiger partial charge in [-0.15, -0.1) is 0 Å². The molecule has 0 saturated carbocycles. The zero-order valence-electron chi connectivity index (χ0n) is 10.2. The predicted molar refractivity (Wildman–Crippen MR) is 66.7 cm³/mol. The molecule has 2 nitrogen and oxygen atoms in total. The van der Waals surface area contributed by atoms with E-state index in [0.717, 1.165) is 18.7 Å². The highest BCUT2D eigenvalue weighted by molar-refractivity contribution is 5.46. The van der Waals surface area contributed by atoms with E-state index < -0.39 is 0 Å². The van der Waals surface area contributed by atoms with E-state index in [1.165, 1.54) is 31.4 Å². The van der Waals surface area contributed by atoms with Crippen LogP contribution in [0.1, 0.15) is 31.7 Å². The van der Waals surface area contributed by atoms with E-state index in [0.29, 0.717) is 5.69 Å². The summed E-state index contributed by atoms with van der Waals surface area (Å²) in [6.07, 6.45) is 3.68. The third-order valence-electron chi connectivity index (χ3n) is 2.69. The number of hydrogen-bond donors (Lipinski definition) is 1. The lowest BCUT2D eigenvalue weighted by Gasteiger charge is -2.17. The number of benzene rings is 1. The second-order valence-electron chi connectivity index (χ2n) is 4.29. The molecule has 1 aromatic rings. The zero-order chi connectivity index (χ0) is 12.0. The van der Waals surface area contributed by atoms with E-state index in [4.69, 9.17) is 5.73 Å². The maximum atomic E-state index is 12.8. The van der Waals surface area contributed by atoms with Crippen LogP contribution in [0, 0.1) is 5.82 Å². The minimum Gasteiger partial charge on any atom is -0.398 e. The minimum atomic E-state index is -0.269. The van der Waals surface area contributed by atoms with Crippen LogP contribution in [0.3, 0.4) is 0 Å². The molecule has 1 rings (SSSR count). The van der Waals surface area contributed by atoms with Crippen molar-refractivity contribution in [3.8, 4) is 0 Å². The molecule has 0 amide bonds. The van der Waals surface area contributed by atoms with Crippen LogP contribution in [0.5, 0.6) is 0 Å². The van der Waals surface area contributed by atoms with Gasteiger partial charge in [-0.05, 0) is 37.7 Å². The van der Waals surface area contributed by atoms with Gasteiger partial charge in [-0.2, -0.15) is 0 Å². The van der Waals surface area contributed by atoms with Crippen LogP contribution in [0.2, 0.25) is 0 Å². The molecule has 0 bridgehead atoms. The number of hydrogen-bond acceptors (Lipinski definition) is 2. The molecule has 0 aliphatic rings. The lowest BCUT2D eigenvalue weighted by atomic mass is 10.1. The Morgan fingerprint density at radius 3 is 2.69 bits per heavy atom. The molecule has 3 heteroatoms. The highest BCUT2D eigenvalue weighted by atomic mass is 19.1. The van der Waals surface area contributed by atoms with Gasteiger partial charge in [0, 0.05) is 12.2 Å². The summed E-state index contributed by atoms with van der Waals surface area (Å²) in [6, 6.07) is 4.61. The average Bonchev–Trinajstić information content (AvgIpc) is 2.23. The number of rotatable bonds is 6. The Hall–Kier alpha value is -1.09. The molecule has 0 aliphatic heterocycles. The van der Waals surface area contributed by atoms with Crippen LogP contribution in [0.15, 0.2) is 18.2 Å². The summed E-state index contributed by atoms with van der Waals surface area (Å²) in [5.74, 6) is -0.269. The molecule has 0 unspecified atom stereocenters. The fourth-order valence-corrected chi connectivity index (χ4v) is 1.71. The Morgan fingerprint density at radius 1 is 1.31 bits per heavy atom. The van der Waals surface area contributed by atoms with Gasteiger partial charge >= 0.3 is 0 Å². The predicted octanol–water partition coefficient (Wildman–Crippen LogP) is 3.03. The Bertz CT molecular complexity index is 326. The molecule has 2 N–H and O–H groups in total. The summed E-state index contributed by atoms with van der Waals surface area (Å²) < 4.78 is 12.8. The Morgan fingerprint density at radius 2 is 2.06 bits per heavy atom. The van der Waals surface area contributed by atoms with Gasteiger partial charge in [-0.1, -0.05) is 25.8 Å². The normalized spacial score (nSPS) is 11.0. The number of nitrogens with zero attached hydrogens (tertiary/aromatic N) is 1. The standard InChI is InChI=1S/C13H21FN2/c1-3-4-5-8-16(2)10-11-6-7-12(14)9-13(11)15/h6-7,9H,3-5,8,10,15H2,1-2H3. The first kappa shape index (κ1) is 13.0. The quantitative estimate of drug-likeness (QED) is 0.594. The second-order valence-corrected chi connectivity index (χ2v) is 4.29. The van der Waals surface area contributed by atoms with Gasteiger partial charge in [0.1, 0.15) is 5.82 Å². The van der Waals surface area contributed by atoms with Crippen LogP contribution < -0.4 is 5.73 Å². The van der Waals surface area contributed by atoms with Gasteiger partial charge < -0.3 is 10.6 Å². The molecule has 0 heterocycles. The van der Waals surface area contributed by atoms with Crippen molar-refractivity contribution in [2.45, 2.75) is 32.7 Å². The molecule has 90 valence electrons. The van der Waals surface area contributed by atoms with E-state index in [1.807, 2.05) is 0 Å². The van der Waals surface area contributed by atoms with Gasteiger partial charge in [-0.25, -0.2) is 4.39 Å². The summed E-state index contributed by atoms with van der Waals surface area (Å²) in [6.45, 7) is 4.04. The summed E-state index contributed by atoms with van der Waals surface area (Å²) in [5, 5.41) is 0. The molecule has 1 aromatic carbocycles. The monoisotopic (exact) mass is 224 g/mol. The van der Waals surface area contributed by atoms with Gasteiger partial charge in [0.25, 0.3) is 0 Å². The van der Waals surface area contributed by atoms with Gasteiger partial charge in [0.2, 0.25) is 0 Å². The first-order chi connectivity index (χ1) is 7.63. The number of anilines is 1. The largest absolute Gasteiger partial charge is 0.398 e. The number of nitrogens with two attached hydrogens (primary N) is 1. The van der Waals surface area contributed by atoms with Gasteiger partial charge in [0.05, 0.1) is 0 Å². The molecular formula is C13H21FN2. The van der Waals surface area contributed by atoms with E-state index in [2.05, 4.69) is 18.9 Å². The smallest absolute Gasteiger partial charge is 0.125 e. The summed E-state index contributed by atoms with van der Waals surface area (Å²) in [5.41, 5.74) is 7.30. The van der Waals surface area contributed by atoms with Crippen molar-refractivity contribution < 1.29 is 4.39 Å². The van der Waals surface area contributed by atoms with Gasteiger partial charge in [-0.3, -0.25) is 0 Å². The lowest BCUT2D eigenvalue weighted by Crippen LogP contribution is -2.19. The van der Waals surface area contributed by atoms with Gasteiger partial charge in [0.15, 0.2) is 0 Å². The van der Waals surface area contributed by atoms with Crippen molar-refractivity contribution in [2.24, 2.45) is 0 Å². The fraction of sp³-hybridized carbons (Fsp3) is 0.538. The SMILES string of the molecule is CCCCCN(C)Cc1ccc(F)cc1N. The van der Waals surface area contributed by atoms with Crippen molar-refractivity contribution >= 4 is 5.69 Å². The van der Waals surface area contributed by atoms with Crippen molar-refractivity contribution in [3.63, 3.8) is 0 Å². The van der Waals surface area contributed by atoms with Crippen molar-refractivity contribution in [3.05, 3.63) is 29.6 Å². The second kappa shape index (κ2) is 6.48. The van der Waals surface area contributed by atoms with Crippen LogP contribution in [-0.4, -0.2) is 18.5 Å². The van der Waals surface area contributed by atoms with Crippen LogP contribution in [-0.2, 0) is 6.54 Å². The van der Waals surface area contributed by atoms with Crippen molar-refractivity contribution in [1.29, 1.82) is 0 Å². The molecular weight excluding hydrogens is 203 g/mol. The molecule has 0 radical (unpaired) electrons. The topological polar surface area (TPSA) is 29.3 Å². The molecule has 16 heavy (non-hydrogen) atoms. The van der Waals surface area contributed by atoms with Crippen molar-refractivity contribution in [2.75, 3.05) is 19.3 Å². The van der Waals surface area contributed by atoms with Crippen LogP contribution >= 0.6 is 0 Å². The lowest BCUT2D eigenvalue weighted by molar-refractivity contribution is 0.318. The maximum Gasteiger partial charge on any atom is 0.125 e. The van der Waals surface area contributed by atoms with E-state index in [1.54, 1.807) is 6.07 Å². The number of unbranched alkanes of at least 4 members (excludes halogenated alkanes) is 2. The summed E-state index contributed by atoms with van der Waals surface area (Å²) in [7, 11) is 2.07. The number of nitrogen functional groups attached to an aromatic ring is 1. The minimum absolute atomic E-state index is 0.269. The molecule has 0 aliphatic carbocycles. The first-order valence-electron chi connectivity index (χ1n) is 5.86. The molecule has 0 atom stereocenters.